The number of piperidine rings is 1. The zero-order valence-electron chi connectivity index (χ0n) is 14.8. The Kier molecular flexibility index (Phi) is 6.18. The van der Waals surface area contributed by atoms with Crippen LogP contribution >= 0.6 is 0 Å². The van der Waals surface area contributed by atoms with Crippen molar-refractivity contribution in [3.05, 3.63) is 0 Å². The van der Waals surface area contributed by atoms with Crippen LogP contribution in [0.5, 0.6) is 0 Å². The lowest BCUT2D eigenvalue weighted by atomic mass is 9.93. The molecule has 3 N–H and O–H groups in total. The van der Waals surface area contributed by atoms with E-state index in [0.717, 1.165) is 0 Å². The first-order chi connectivity index (χ1) is 10.3. The summed E-state index contributed by atoms with van der Waals surface area (Å²) in [5.41, 5.74) is -1.39. The van der Waals surface area contributed by atoms with Crippen LogP contribution in [0.3, 0.4) is 0 Å². The van der Waals surface area contributed by atoms with Crippen LogP contribution < -0.4 is 5.32 Å². The first-order valence-corrected chi connectivity index (χ1v) is 7.82. The van der Waals surface area contributed by atoms with Crippen LogP contribution in [0.2, 0.25) is 0 Å². The molecule has 1 saturated heterocycles. The zero-order chi connectivity index (χ0) is 18.0. The lowest BCUT2D eigenvalue weighted by Crippen LogP contribution is -2.63. The van der Waals surface area contributed by atoms with E-state index in [-0.39, 0.29) is 19.1 Å². The van der Waals surface area contributed by atoms with Crippen molar-refractivity contribution in [3.8, 4) is 0 Å². The van der Waals surface area contributed by atoms with Crippen LogP contribution in [0.4, 0.5) is 0 Å². The quantitative estimate of drug-likeness (QED) is 0.636. The maximum Gasteiger partial charge on any atom is 0.311 e. The monoisotopic (exact) mass is 331 g/mol. The Morgan fingerprint density at radius 3 is 2.04 bits per heavy atom. The van der Waals surface area contributed by atoms with E-state index in [0.29, 0.717) is 0 Å². The number of aliphatic hydroxyl groups is 2. The molecular formula is C16H29NO6. The lowest BCUT2D eigenvalue weighted by Gasteiger charge is -2.39. The van der Waals surface area contributed by atoms with E-state index in [1.807, 2.05) is 0 Å². The highest BCUT2D eigenvalue weighted by Gasteiger charge is 2.42. The number of aliphatic hydroxyl groups excluding tert-OH is 2. The second kappa shape index (κ2) is 7.15. The van der Waals surface area contributed by atoms with E-state index in [1.54, 1.807) is 41.5 Å². The molecule has 0 saturated carbocycles. The van der Waals surface area contributed by atoms with Crippen molar-refractivity contribution < 1.29 is 29.3 Å². The Morgan fingerprint density at radius 1 is 1.04 bits per heavy atom. The first kappa shape index (κ1) is 19.9. The summed E-state index contributed by atoms with van der Waals surface area (Å²) in [6.45, 7) is 10.4. The molecule has 0 aromatic rings. The Bertz CT molecular complexity index is 437. The van der Waals surface area contributed by atoms with Crippen LogP contribution in [-0.4, -0.2) is 59.7 Å². The summed E-state index contributed by atoms with van der Waals surface area (Å²) < 4.78 is 10.6. The van der Waals surface area contributed by atoms with E-state index in [2.05, 4.69) is 5.32 Å². The summed E-state index contributed by atoms with van der Waals surface area (Å²) >= 11 is 0. The van der Waals surface area contributed by atoms with Gasteiger partial charge in [-0.1, -0.05) is 0 Å². The molecule has 0 radical (unpaired) electrons. The highest BCUT2D eigenvalue weighted by molar-refractivity contribution is 5.76. The summed E-state index contributed by atoms with van der Waals surface area (Å²) in [6.07, 6.45) is -3.28. The Morgan fingerprint density at radius 2 is 1.57 bits per heavy atom. The van der Waals surface area contributed by atoms with Gasteiger partial charge in [0, 0.05) is 6.54 Å². The van der Waals surface area contributed by atoms with Crippen LogP contribution in [-0.2, 0) is 19.1 Å². The van der Waals surface area contributed by atoms with Gasteiger partial charge in [0.05, 0.1) is 23.0 Å². The molecule has 1 fully saturated rings. The molecule has 1 aliphatic heterocycles. The van der Waals surface area contributed by atoms with E-state index < -0.39 is 41.2 Å². The van der Waals surface area contributed by atoms with Gasteiger partial charge in [-0.15, -0.1) is 0 Å². The largest absolute Gasteiger partial charge is 0.463 e. The van der Waals surface area contributed by atoms with Crippen LogP contribution in [0.15, 0.2) is 0 Å². The van der Waals surface area contributed by atoms with Crippen molar-refractivity contribution in [2.24, 2.45) is 10.8 Å². The molecule has 0 aliphatic carbocycles. The summed E-state index contributed by atoms with van der Waals surface area (Å²) in [6, 6.07) is -0.578. The normalized spacial score (nSPS) is 29.0. The van der Waals surface area contributed by atoms with E-state index in [4.69, 9.17) is 9.47 Å². The van der Waals surface area contributed by atoms with Crippen molar-refractivity contribution >= 4 is 11.9 Å². The predicted octanol–water partition coefficient (Wildman–Crippen LogP) is 0.227. The minimum atomic E-state index is -1.24. The third-order valence-corrected chi connectivity index (χ3v) is 3.58. The number of hydrogen-bond donors (Lipinski definition) is 3. The van der Waals surface area contributed by atoms with Crippen molar-refractivity contribution in [1.29, 1.82) is 0 Å². The number of esters is 2. The second-order valence-electron chi connectivity index (χ2n) is 8.04. The molecule has 0 aromatic heterocycles. The van der Waals surface area contributed by atoms with Gasteiger partial charge in [0.15, 0.2) is 0 Å². The highest BCUT2D eigenvalue weighted by Crippen LogP contribution is 2.22. The molecule has 134 valence electrons. The molecule has 0 bridgehead atoms. The van der Waals surface area contributed by atoms with Crippen molar-refractivity contribution in [1.82, 2.24) is 5.32 Å². The van der Waals surface area contributed by atoms with Crippen LogP contribution in [0.25, 0.3) is 0 Å². The molecule has 7 heteroatoms. The third kappa shape index (κ3) is 5.44. The summed E-state index contributed by atoms with van der Waals surface area (Å²) in [4.78, 5) is 23.9. The van der Waals surface area contributed by atoms with Crippen molar-refractivity contribution in [3.63, 3.8) is 0 Å². The number of carbonyl (C=O) groups excluding carboxylic acids is 2. The standard InChI is InChI=1S/C16H29NO6/c1-15(2,3)13(20)22-8-9-12(11(19)10(18)7-17-9)23-14(21)16(4,5)6/h9-12,17-19H,7-8H2,1-6H3/t9-,10-,11-,12-/m1/s1. The molecule has 1 heterocycles. The second-order valence-corrected chi connectivity index (χ2v) is 8.04. The number of carbonyl (C=O) groups is 2. The molecule has 23 heavy (non-hydrogen) atoms. The predicted molar refractivity (Wildman–Crippen MR) is 83.6 cm³/mol. The zero-order valence-corrected chi connectivity index (χ0v) is 14.8. The summed E-state index contributed by atoms with van der Waals surface area (Å²) in [5.74, 6) is -0.884. The van der Waals surface area contributed by atoms with E-state index in [9.17, 15) is 19.8 Å². The van der Waals surface area contributed by atoms with E-state index in [1.165, 1.54) is 0 Å². The molecule has 4 atom stereocenters. The van der Waals surface area contributed by atoms with Crippen molar-refractivity contribution in [2.45, 2.75) is 65.9 Å². The minimum Gasteiger partial charge on any atom is -0.463 e. The maximum atomic E-state index is 12.1. The van der Waals surface area contributed by atoms with Gasteiger partial charge in [-0.2, -0.15) is 0 Å². The molecule has 0 spiro atoms. The topological polar surface area (TPSA) is 105 Å². The molecule has 0 unspecified atom stereocenters. The lowest BCUT2D eigenvalue weighted by molar-refractivity contribution is -0.180. The van der Waals surface area contributed by atoms with Crippen LogP contribution in [0, 0.1) is 10.8 Å². The van der Waals surface area contributed by atoms with Gasteiger partial charge < -0.3 is 25.0 Å². The SMILES string of the molecule is CC(C)(C)C(=O)OC[C@H]1NC[C@@H](O)[C@@H](O)[C@@H]1OC(=O)C(C)(C)C. The molecular weight excluding hydrogens is 302 g/mol. The Balaban J connectivity index is 2.78. The molecule has 1 rings (SSSR count). The summed E-state index contributed by atoms with van der Waals surface area (Å²) in [7, 11) is 0. The Hall–Kier alpha value is -1.18. The fourth-order valence-corrected chi connectivity index (χ4v) is 1.95. The molecule has 7 nitrogen and oxygen atoms in total. The first-order valence-electron chi connectivity index (χ1n) is 7.82. The average Bonchev–Trinajstić information content (AvgIpc) is 2.40. The fraction of sp³-hybridized carbons (Fsp3) is 0.875. The molecule has 0 amide bonds. The van der Waals surface area contributed by atoms with Gasteiger partial charge in [0.2, 0.25) is 0 Å². The van der Waals surface area contributed by atoms with Gasteiger partial charge in [0.1, 0.15) is 18.8 Å². The van der Waals surface area contributed by atoms with Gasteiger partial charge >= 0.3 is 11.9 Å². The maximum absolute atomic E-state index is 12.1. The van der Waals surface area contributed by atoms with E-state index >= 15 is 0 Å². The number of nitrogens with one attached hydrogen (secondary N) is 1. The van der Waals surface area contributed by atoms with Gasteiger partial charge in [-0.3, -0.25) is 9.59 Å². The molecule has 1 aliphatic rings. The van der Waals surface area contributed by atoms with Gasteiger partial charge in [-0.05, 0) is 41.5 Å². The smallest absolute Gasteiger partial charge is 0.311 e. The average molecular weight is 331 g/mol. The third-order valence-electron chi connectivity index (χ3n) is 3.58. The van der Waals surface area contributed by atoms with Crippen LogP contribution in [0.1, 0.15) is 41.5 Å². The fourth-order valence-electron chi connectivity index (χ4n) is 1.95. The van der Waals surface area contributed by atoms with Gasteiger partial charge in [0.25, 0.3) is 0 Å². The van der Waals surface area contributed by atoms with Crippen molar-refractivity contribution in [2.75, 3.05) is 13.2 Å². The number of rotatable bonds is 3. The highest BCUT2D eigenvalue weighted by atomic mass is 16.6. The minimum absolute atomic E-state index is 0.0536. The number of ether oxygens (including phenoxy) is 2. The Labute approximate surface area is 137 Å². The van der Waals surface area contributed by atoms with Gasteiger partial charge in [-0.25, -0.2) is 0 Å². The summed E-state index contributed by atoms with van der Waals surface area (Å²) in [5, 5.41) is 22.9. The molecule has 0 aromatic carbocycles. The number of β-amino-alcohol motifs (C(OH)–C–C–N with tert-alkyl or cyclic N) is 1. The number of hydrogen-bond acceptors (Lipinski definition) is 7.